The van der Waals surface area contributed by atoms with E-state index in [9.17, 15) is 4.79 Å². The van der Waals surface area contributed by atoms with Crippen molar-refractivity contribution in [2.75, 3.05) is 20.1 Å². The van der Waals surface area contributed by atoms with Crippen LogP contribution in [-0.4, -0.2) is 47.0 Å². The van der Waals surface area contributed by atoms with E-state index in [4.69, 9.17) is 4.98 Å². The Bertz CT molecular complexity index is 515. The second-order valence-electron chi connectivity index (χ2n) is 6.46. The molecule has 1 aliphatic heterocycles. The van der Waals surface area contributed by atoms with E-state index in [1.54, 1.807) is 7.05 Å². The van der Waals surface area contributed by atoms with E-state index in [0.717, 1.165) is 30.2 Å². The van der Waals surface area contributed by atoms with Crippen LogP contribution in [0.3, 0.4) is 0 Å². The first kappa shape index (κ1) is 16.9. The highest BCUT2D eigenvalue weighted by atomic mass is 16.1. The number of nitrogens with zero attached hydrogens (tertiary/aromatic N) is 3. The first-order valence-electron chi connectivity index (χ1n) is 8.28. The third-order valence-electron chi connectivity index (χ3n) is 4.36. The van der Waals surface area contributed by atoms with Crippen molar-refractivity contribution in [3.63, 3.8) is 0 Å². The molecule has 1 N–H and O–H groups in total. The number of hydrogen-bond donors (Lipinski definition) is 1. The molecule has 2 rings (SSSR count). The summed E-state index contributed by atoms with van der Waals surface area (Å²) in [6.07, 6.45) is 3.51. The lowest BCUT2D eigenvalue weighted by molar-refractivity contribution is -0.120. The van der Waals surface area contributed by atoms with Crippen LogP contribution >= 0.6 is 0 Å². The van der Waals surface area contributed by atoms with Gasteiger partial charge in [0.2, 0.25) is 5.91 Å². The Balaban J connectivity index is 2.10. The summed E-state index contributed by atoms with van der Waals surface area (Å²) in [6.45, 7) is 8.71. The predicted molar refractivity (Wildman–Crippen MR) is 87.8 cm³/mol. The normalized spacial score (nSPS) is 19.4. The van der Waals surface area contributed by atoms with Crippen LogP contribution in [0.25, 0.3) is 0 Å². The molecule has 1 atom stereocenters. The number of amides is 1. The van der Waals surface area contributed by atoms with E-state index < -0.39 is 0 Å². The number of rotatable bonds is 5. The van der Waals surface area contributed by atoms with E-state index in [2.05, 4.69) is 29.0 Å². The summed E-state index contributed by atoms with van der Waals surface area (Å²) in [5.74, 6) is 1.42. The molecule has 5 heteroatoms. The Morgan fingerprint density at radius 1 is 1.45 bits per heavy atom. The molecular weight excluding hydrogens is 276 g/mol. The lowest BCUT2D eigenvalue weighted by Crippen LogP contribution is -2.39. The van der Waals surface area contributed by atoms with Gasteiger partial charge < -0.3 is 10.2 Å². The number of hydrogen-bond acceptors (Lipinski definition) is 4. The summed E-state index contributed by atoms with van der Waals surface area (Å²) in [6, 6.07) is 2.57. The van der Waals surface area contributed by atoms with Gasteiger partial charge in [-0.3, -0.25) is 4.79 Å². The fraction of sp³-hybridized carbons (Fsp3) is 0.706. The molecule has 122 valence electrons. The highest BCUT2D eigenvalue weighted by Gasteiger charge is 2.25. The standard InChI is InChI=1S/C17H28N4O/c1-12(2)21-9-5-6-14(11-21)17-19-13(3)10-15(20-17)7-8-16(22)18-4/h10,12,14H,5-9,11H2,1-4H3,(H,18,22). The van der Waals surface area contributed by atoms with Gasteiger partial charge in [0.25, 0.3) is 0 Å². The van der Waals surface area contributed by atoms with Crippen molar-refractivity contribution in [3.8, 4) is 0 Å². The summed E-state index contributed by atoms with van der Waals surface area (Å²) in [5, 5.41) is 2.66. The smallest absolute Gasteiger partial charge is 0.220 e. The Hall–Kier alpha value is -1.49. The van der Waals surface area contributed by atoms with Gasteiger partial charge in [0.05, 0.1) is 0 Å². The fourth-order valence-electron chi connectivity index (χ4n) is 3.02. The van der Waals surface area contributed by atoms with Gasteiger partial charge in [0, 0.05) is 43.4 Å². The van der Waals surface area contributed by atoms with Crippen LogP contribution in [-0.2, 0) is 11.2 Å². The summed E-state index contributed by atoms with van der Waals surface area (Å²) in [5.41, 5.74) is 1.98. The van der Waals surface area contributed by atoms with Crippen molar-refractivity contribution in [1.82, 2.24) is 20.2 Å². The molecule has 0 radical (unpaired) electrons. The molecule has 1 aromatic heterocycles. The number of nitrogens with one attached hydrogen (secondary N) is 1. The van der Waals surface area contributed by atoms with Crippen LogP contribution in [0.2, 0.25) is 0 Å². The fourth-order valence-corrected chi connectivity index (χ4v) is 3.02. The number of aryl methyl sites for hydroxylation is 2. The number of piperidine rings is 1. The molecule has 1 saturated heterocycles. The van der Waals surface area contributed by atoms with Gasteiger partial charge in [-0.1, -0.05) is 0 Å². The Morgan fingerprint density at radius 2 is 2.23 bits per heavy atom. The maximum absolute atomic E-state index is 11.4. The molecule has 0 saturated carbocycles. The molecule has 0 bridgehead atoms. The molecule has 22 heavy (non-hydrogen) atoms. The summed E-state index contributed by atoms with van der Waals surface area (Å²) >= 11 is 0. The Morgan fingerprint density at radius 3 is 2.91 bits per heavy atom. The van der Waals surface area contributed by atoms with Crippen molar-refractivity contribution >= 4 is 5.91 Å². The minimum absolute atomic E-state index is 0.0569. The van der Waals surface area contributed by atoms with E-state index in [1.165, 1.54) is 13.0 Å². The van der Waals surface area contributed by atoms with Crippen LogP contribution < -0.4 is 5.32 Å². The van der Waals surface area contributed by atoms with Gasteiger partial charge >= 0.3 is 0 Å². The Labute approximate surface area is 133 Å². The molecule has 0 spiro atoms. The minimum atomic E-state index is 0.0569. The van der Waals surface area contributed by atoms with Crippen molar-refractivity contribution in [1.29, 1.82) is 0 Å². The number of aromatic nitrogens is 2. The zero-order chi connectivity index (χ0) is 16.1. The van der Waals surface area contributed by atoms with E-state index in [0.29, 0.717) is 24.8 Å². The maximum Gasteiger partial charge on any atom is 0.220 e. The molecule has 5 nitrogen and oxygen atoms in total. The zero-order valence-electron chi connectivity index (χ0n) is 14.2. The first-order valence-corrected chi connectivity index (χ1v) is 8.28. The van der Waals surface area contributed by atoms with Crippen molar-refractivity contribution in [3.05, 3.63) is 23.3 Å². The van der Waals surface area contributed by atoms with Gasteiger partial charge in [-0.15, -0.1) is 0 Å². The Kier molecular flexibility index (Phi) is 5.89. The summed E-state index contributed by atoms with van der Waals surface area (Å²) in [7, 11) is 1.67. The zero-order valence-corrected chi connectivity index (χ0v) is 14.2. The lowest BCUT2D eigenvalue weighted by atomic mass is 9.96. The van der Waals surface area contributed by atoms with E-state index in [-0.39, 0.29) is 5.91 Å². The van der Waals surface area contributed by atoms with Crippen LogP contribution in [0, 0.1) is 6.92 Å². The molecule has 2 heterocycles. The van der Waals surface area contributed by atoms with E-state index >= 15 is 0 Å². The summed E-state index contributed by atoms with van der Waals surface area (Å²) < 4.78 is 0. The average Bonchev–Trinajstić information content (AvgIpc) is 2.52. The van der Waals surface area contributed by atoms with Crippen LogP contribution in [0.15, 0.2) is 6.07 Å². The molecule has 0 aromatic carbocycles. The molecule has 1 aliphatic rings. The van der Waals surface area contributed by atoms with E-state index in [1.807, 2.05) is 13.0 Å². The SMILES string of the molecule is CNC(=O)CCc1cc(C)nc(C2CCCN(C(C)C)C2)n1. The number of carbonyl (C=O) groups is 1. The summed E-state index contributed by atoms with van der Waals surface area (Å²) in [4.78, 5) is 23.3. The average molecular weight is 304 g/mol. The topological polar surface area (TPSA) is 58.1 Å². The molecular formula is C17H28N4O. The molecule has 1 aromatic rings. The molecule has 1 fully saturated rings. The van der Waals surface area contributed by atoms with Crippen molar-refractivity contribution < 1.29 is 4.79 Å². The minimum Gasteiger partial charge on any atom is -0.359 e. The number of carbonyl (C=O) groups excluding carboxylic acids is 1. The molecule has 0 aliphatic carbocycles. The van der Waals surface area contributed by atoms with Gasteiger partial charge in [0.1, 0.15) is 5.82 Å². The second-order valence-corrected chi connectivity index (χ2v) is 6.46. The van der Waals surface area contributed by atoms with Crippen LogP contribution in [0.5, 0.6) is 0 Å². The van der Waals surface area contributed by atoms with Gasteiger partial charge in [-0.05, 0) is 52.6 Å². The van der Waals surface area contributed by atoms with Gasteiger partial charge in [-0.2, -0.15) is 0 Å². The second kappa shape index (κ2) is 7.68. The maximum atomic E-state index is 11.4. The highest BCUT2D eigenvalue weighted by Crippen LogP contribution is 2.26. The van der Waals surface area contributed by atoms with Crippen molar-refractivity contribution in [2.45, 2.75) is 58.4 Å². The van der Waals surface area contributed by atoms with Gasteiger partial charge in [-0.25, -0.2) is 9.97 Å². The number of likely N-dealkylation sites (tertiary alicyclic amines) is 1. The lowest BCUT2D eigenvalue weighted by Gasteiger charge is -2.34. The van der Waals surface area contributed by atoms with Crippen LogP contribution in [0.4, 0.5) is 0 Å². The van der Waals surface area contributed by atoms with Crippen LogP contribution in [0.1, 0.15) is 56.2 Å². The highest BCUT2D eigenvalue weighted by molar-refractivity contribution is 5.75. The predicted octanol–water partition coefficient (Wildman–Crippen LogP) is 2.05. The van der Waals surface area contributed by atoms with Crippen molar-refractivity contribution in [2.24, 2.45) is 0 Å². The first-order chi connectivity index (χ1) is 10.5. The third kappa shape index (κ3) is 4.50. The van der Waals surface area contributed by atoms with Gasteiger partial charge in [0.15, 0.2) is 0 Å². The largest absolute Gasteiger partial charge is 0.359 e. The quantitative estimate of drug-likeness (QED) is 0.904. The molecule has 1 unspecified atom stereocenters. The monoisotopic (exact) mass is 304 g/mol. The molecule has 1 amide bonds. The third-order valence-corrected chi connectivity index (χ3v) is 4.36.